The molecule has 2 saturated carbocycles. The van der Waals surface area contributed by atoms with Gasteiger partial charge >= 0.3 is 6.18 Å². The zero-order chi connectivity index (χ0) is 68.0. The number of carbonyl (C=O) groups is 11. The molecule has 3 unspecified atom stereocenters. The Bertz CT molecular complexity index is 2540. The molecule has 0 aromatic carbocycles. The molecule has 512 valence electrons. The number of hydrogen-bond acceptors (Lipinski definition) is 11. The Morgan fingerprint density at radius 1 is 0.622 bits per heavy atom. The van der Waals surface area contributed by atoms with Crippen LogP contribution in [0.25, 0.3) is 0 Å². The summed E-state index contributed by atoms with van der Waals surface area (Å²) >= 11 is 6.35. The van der Waals surface area contributed by atoms with Crippen LogP contribution in [0, 0.1) is 35.5 Å². The molecule has 26 heteroatoms. The summed E-state index contributed by atoms with van der Waals surface area (Å²) in [6, 6.07) is -7.61. The molecule has 3 N–H and O–H groups in total. The number of fused-ring (bicyclic) bond motifs is 1. The number of rotatable bonds is 11. The van der Waals surface area contributed by atoms with Gasteiger partial charge in [0, 0.05) is 73.7 Å². The Morgan fingerprint density at radius 3 is 1.79 bits per heavy atom. The Morgan fingerprint density at radius 2 is 1.22 bits per heavy atom. The number of nitrogens with zero attached hydrogens (tertiary/aromatic N) is 8. The van der Waals surface area contributed by atoms with E-state index in [1.807, 2.05) is 20.8 Å². The van der Waals surface area contributed by atoms with Gasteiger partial charge in [-0.2, -0.15) is 13.2 Å². The molecular weight excluding hydrogens is 1190 g/mol. The zero-order valence-corrected chi connectivity index (χ0v) is 57.3. The van der Waals surface area contributed by atoms with Gasteiger partial charge in [-0.3, -0.25) is 52.7 Å². The van der Waals surface area contributed by atoms with Gasteiger partial charge < -0.3 is 55.1 Å². The van der Waals surface area contributed by atoms with Gasteiger partial charge in [-0.05, 0) is 108 Å². The molecule has 2 aliphatic carbocycles. The van der Waals surface area contributed by atoms with Gasteiger partial charge in [-0.25, -0.2) is 0 Å². The van der Waals surface area contributed by atoms with Crippen molar-refractivity contribution in [2.24, 2.45) is 35.5 Å². The SMILES string of the molecule is CC[C@H](C)[C@@H]1NC(=O)[C@H](CC(C)C)N(C)C(=O)C[C@@H](C)N(C)C(=O)[C@H](C(C)C)N(C)C(=O)[C@](C)(CC)NC(=O)[C@@H]2CCCN2C(=O)[C@H](CCC2CCC(C(F)(F)F)C(Cl)C2)NC(=O)CN(C)C(=O)[C@H](CC2CCCCC2)N(C)C(=O)CN(C)C(=O)CN(C)C1=O. The first-order chi connectivity index (χ1) is 41.9. The zero-order valence-electron chi connectivity index (χ0n) is 56.5. The maximum atomic E-state index is 15.0. The fourth-order valence-electron chi connectivity index (χ4n) is 13.2. The molecule has 11 amide bonds. The number of alkyl halides is 4. The van der Waals surface area contributed by atoms with Crippen LogP contribution in [0.5, 0.6) is 0 Å². The molecular formula is C64H107ClF3N11O11. The lowest BCUT2D eigenvalue weighted by atomic mass is 9.78. The van der Waals surface area contributed by atoms with Crippen molar-refractivity contribution in [3.8, 4) is 0 Å². The minimum Gasteiger partial charge on any atom is -0.343 e. The van der Waals surface area contributed by atoms with Gasteiger partial charge in [0.05, 0.1) is 25.6 Å². The molecule has 4 rings (SSSR count). The lowest BCUT2D eigenvalue weighted by molar-refractivity contribution is -0.182. The van der Waals surface area contributed by atoms with Crippen LogP contribution in [0.1, 0.15) is 171 Å². The molecule has 0 aromatic heterocycles. The number of nitrogens with one attached hydrogen (secondary N) is 3. The molecule has 90 heavy (non-hydrogen) atoms. The molecule has 12 atom stereocenters. The maximum absolute atomic E-state index is 15.0. The summed E-state index contributed by atoms with van der Waals surface area (Å²) in [5.74, 6) is -9.73. The quantitative estimate of drug-likeness (QED) is 0.220. The molecule has 0 radical (unpaired) electrons. The number of carbonyl (C=O) groups excluding carboxylic acids is 11. The Balaban J connectivity index is 1.79. The van der Waals surface area contributed by atoms with Crippen LogP contribution in [-0.2, 0) is 52.7 Å². The first kappa shape index (κ1) is 76.7. The number of likely N-dealkylation sites (N-methyl/N-ethyl adjacent to an activating group) is 7. The van der Waals surface area contributed by atoms with E-state index in [4.69, 9.17) is 11.6 Å². The third-order valence-electron chi connectivity index (χ3n) is 19.7. The Labute approximate surface area is 537 Å². The molecule has 22 nitrogen and oxygen atoms in total. The average molecular weight is 1300 g/mol. The molecule has 4 fully saturated rings. The lowest BCUT2D eigenvalue weighted by Crippen LogP contribution is -2.64. The largest absolute Gasteiger partial charge is 0.393 e. The average Bonchev–Trinajstić information content (AvgIpc) is 1.32. The number of halogens is 4. The summed E-state index contributed by atoms with van der Waals surface area (Å²) < 4.78 is 41.7. The van der Waals surface area contributed by atoms with Crippen LogP contribution in [0.2, 0.25) is 0 Å². The van der Waals surface area contributed by atoms with E-state index in [1.165, 1.54) is 85.7 Å². The van der Waals surface area contributed by atoms with E-state index in [9.17, 15) is 65.9 Å². The van der Waals surface area contributed by atoms with Gasteiger partial charge in [0.15, 0.2) is 0 Å². The fraction of sp³-hybridized carbons (Fsp3) is 0.828. The second-order valence-corrected chi connectivity index (χ2v) is 28.0. The summed E-state index contributed by atoms with van der Waals surface area (Å²) in [4.78, 5) is 170. The smallest absolute Gasteiger partial charge is 0.343 e. The standard InChI is InChI=1S/C64H107ClF3N11O11/c1-17-40(7)54-60(88)74(12)36-52(82)72(10)37-53(83)77(15)49(34-42-23-20-19-21-24-42)59(87)73(11)35-50(80)69-46(29-27-43-26-28-44(45(65)33-43)64(66,67)68)58(86)79-30-22-25-47(79)57(85)71-63(9,18-2)62(90)78(16)55(39(5)6)61(89)75(13)41(8)32-51(81)76(14)48(31-38(3)4)56(84)70-54/h38-49,54-55H,17-37H2,1-16H3,(H,69,80)(H,70,84)(H,71,85)/t40-,41+,43?,44?,45?,46-,47-,48-,49-,54-,55-,63-/m0/s1. The predicted molar refractivity (Wildman–Crippen MR) is 336 cm³/mol. The normalized spacial score (nSPS) is 30.3. The van der Waals surface area contributed by atoms with Crippen LogP contribution in [0.3, 0.4) is 0 Å². The predicted octanol–water partition coefficient (Wildman–Crippen LogP) is 5.42. The van der Waals surface area contributed by atoms with E-state index in [1.54, 1.807) is 34.6 Å². The minimum absolute atomic E-state index is 0.00837. The molecule has 0 bridgehead atoms. The second kappa shape index (κ2) is 33.7. The molecule has 2 aliphatic heterocycles. The Kier molecular flexibility index (Phi) is 28.7. The summed E-state index contributed by atoms with van der Waals surface area (Å²) in [6.07, 6.45) is 1.27. The molecule has 2 heterocycles. The van der Waals surface area contributed by atoms with Crippen molar-refractivity contribution in [1.82, 2.24) is 55.1 Å². The topological polar surface area (TPSA) is 250 Å². The Hall–Kier alpha value is -5.75. The summed E-state index contributed by atoms with van der Waals surface area (Å²) in [7, 11) is 10.1. The van der Waals surface area contributed by atoms with E-state index in [2.05, 4.69) is 16.0 Å². The highest BCUT2D eigenvalue weighted by Crippen LogP contribution is 2.44. The highest BCUT2D eigenvalue weighted by atomic mass is 35.5. The second-order valence-electron chi connectivity index (χ2n) is 27.4. The van der Waals surface area contributed by atoms with Crippen molar-refractivity contribution in [2.75, 3.05) is 75.5 Å². The fourth-order valence-corrected chi connectivity index (χ4v) is 13.7. The first-order valence-electron chi connectivity index (χ1n) is 32.6. The number of amides is 11. The third-order valence-corrected chi connectivity index (χ3v) is 20.2. The first-order valence-corrected chi connectivity index (χ1v) is 33.1. The van der Waals surface area contributed by atoms with Gasteiger partial charge in [-0.15, -0.1) is 11.6 Å². The molecule has 0 spiro atoms. The van der Waals surface area contributed by atoms with Gasteiger partial charge in [-0.1, -0.05) is 87.0 Å². The van der Waals surface area contributed by atoms with Crippen molar-refractivity contribution < 1.29 is 65.9 Å². The summed E-state index contributed by atoms with van der Waals surface area (Å²) in [5.41, 5.74) is -1.63. The lowest BCUT2D eigenvalue weighted by Gasteiger charge is -2.40. The van der Waals surface area contributed by atoms with E-state index in [0.29, 0.717) is 12.8 Å². The van der Waals surface area contributed by atoms with Crippen LogP contribution in [0.15, 0.2) is 0 Å². The van der Waals surface area contributed by atoms with Gasteiger partial charge in [0.2, 0.25) is 65.0 Å². The van der Waals surface area contributed by atoms with Crippen LogP contribution >= 0.6 is 11.6 Å². The van der Waals surface area contributed by atoms with Gasteiger partial charge in [0.25, 0.3) is 0 Å². The molecule has 2 saturated heterocycles. The van der Waals surface area contributed by atoms with Crippen molar-refractivity contribution in [3.63, 3.8) is 0 Å². The molecule has 4 aliphatic rings. The van der Waals surface area contributed by atoms with Crippen LogP contribution in [0.4, 0.5) is 13.2 Å². The van der Waals surface area contributed by atoms with E-state index >= 15 is 0 Å². The van der Waals surface area contributed by atoms with E-state index in [-0.39, 0.29) is 88.5 Å². The van der Waals surface area contributed by atoms with E-state index < -0.39 is 162 Å². The van der Waals surface area contributed by atoms with Gasteiger partial charge in [0.1, 0.15) is 41.8 Å². The summed E-state index contributed by atoms with van der Waals surface area (Å²) in [5, 5.41) is 7.37. The van der Waals surface area contributed by atoms with Crippen molar-refractivity contribution in [2.45, 2.75) is 231 Å². The highest BCUT2D eigenvalue weighted by molar-refractivity contribution is 6.20. The highest BCUT2D eigenvalue weighted by Gasteiger charge is 2.49. The van der Waals surface area contributed by atoms with Crippen molar-refractivity contribution >= 4 is 76.6 Å². The van der Waals surface area contributed by atoms with Crippen LogP contribution < -0.4 is 16.0 Å². The number of hydrogen-bond donors (Lipinski definition) is 3. The monoisotopic (exact) mass is 1300 g/mol. The van der Waals surface area contributed by atoms with Crippen molar-refractivity contribution in [1.29, 1.82) is 0 Å². The van der Waals surface area contributed by atoms with Crippen LogP contribution in [-0.4, -0.2) is 239 Å². The maximum Gasteiger partial charge on any atom is 0.393 e. The molecule has 0 aromatic rings. The third kappa shape index (κ3) is 20.1. The summed E-state index contributed by atoms with van der Waals surface area (Å²) in [6.45, 7) is 14.3. The minimum atomic E-state index is -4.50. The van der Waals surface area contributed by atoms with E-state index in [0.717, 1.165) is 41.9 Å². The van der Waals surface area contributed by atoms with Crippen molar-refractivity contribution in [3.05, 3.63) is 0 Å².